The summed E-state index contributed by atoms with van der Waals surface area (Å²) in [5.41, 5.74) is 2.25. The summed E-state index contributed by atoms with van der Waals surface area (Å²) in [6.07, 6.45) is -1.04. The van der Waals surface area contributed by atoms with Gasteiger partial charge in [-0.25, -0.2) is 4.98 Å². The van der Waals surface area contributed by atoms with Crippen LogP contribution in [0.15, 0.2) is 36.4 Å². The molecule has 0 radical (unpaired) electrons. The van der Waals surface area contributed by atoms with Gasteiger partial charge in [0.1, 0.15) is 11.8 Å². The molecule has 0 spiro atoms. The molecule has 3 N–H and O–H groups in total. The Bertz CT molecular complexity index is 920. The predicted molar refractivity (Wildman–Crippen MR) is 102 cm³/mol. The van der Waals surface area contributed by atoms with Crippen molar-refractivity contribution < 1.29 is 19.4 Å². The number of aryl methyl sites for hydroxylation is 1. The number of aliphatic hydroxyl groups is 1. The molecule has 2 fully saturated rings. The molecule has 4 atom stereocenters. The highest BCUT2D eigenvalue weighted by atomic mass is 16.5. The molecule has 1 aromatic carbocycles. The Morgan fingerprint density at radius 2 is 1.89 bits per heavy atom. The second-order valence-electron chi connectivity index (χ2n) is 7.37. The van der Waals surface area contributed by atoms with E-state index in [-0.39, 0.29) is 23.3 Å². The van der Waals surface area contributed by atoms with Crippen molar-refractivity contribution in [3.8, 4) is 0 Å². The maximum absolute atomic E-state index is 12.8. The molecule has 2 heterocycles. The van der Waals surface area contributed by atoms with Gasteiger partial charge in [-0.2, -0.15) is 0 Å². The molecule has 2 amide bonds. The number of benzene rings is 1. The third kappa shape index (κ3) is 3.39. The van der Waals surface area contributed by atoms with Crippen LogP contribution < -0.4 is 10.6 Å². The molecule has 1 aromatic heterocycles. The van der Waals surface area contributed by atoms with Crippen molar-refractivity contribution in [3.05, 3.63) is 64.5 Å². The molecule has 7 nitrogen and oxygen atoms in total. The second kappa shape index (κ2) is 7.33. The van der Waals surface area contributed by atoms with Crippen LogP contribution in [0.2, 0.25) is 0 Å². The number of rotatable bonds is 5. The average molecular weight is 381 g/mol. The van der Waals surface area contributed by atoms with Crippen molar-refractivity contribution in [2.75, 3.05) is 20.3 Å². The van der Waals surface area contributed by atoms with E-state index in [2.05, 4.69) is 15.6 Å². The van der Waals surface area contributed by atoms with Gasteiger partial charge in [0, 0.05) is 30.5 Å². The number of aromatic nitrogens is 1. The zero-order valence-corrected chi connectivity index (χ0v) is 15.8. The summed E-state index contributed by atoms with van der Waals surface area (Å²) >= 11 is 0. The number of nitrogens with one attached hydrogen (secondary N) is 2. The van der Waals surface area contributed by atoms with Crippen LogP contribution in [0.25, 0.3) is 0 Å². The van der Waals surface area contributed by atoms with E-state index in [0.717, 1.165) is 5.56 Å². The molecule has 28 heavy (non-hydrogen) atoms. The molecule has 7 heteroatoms. The van der Waals surface area contributed by atoms with Crippen molar-refractivity contribution in [2.45, 2.75) is 19.1 Å². The summed E-state index contributed by atoms with van der Waals surface area (Å²) in [7, 11) is 1.50. The van der Waals surface area contributed by atoms with Crippen LogP contribution in [0.1, 0.15) is 43.8 Å². The van der Waals surface area contributed by atoms with E-state index < -0.39 is 12.0 Å². The molecule has 0 bridgehead atoms. The summed E-state index contributed by atoms with van der Waals surface area (Å²) in [6.45, 7) is 3.24. The lowest BCUT2D eigenvalue weighted by molar-refractivity contribution is 0.0928. The maximum Gasteiger partial charge on any atom is 0.269 e. The van der Waals surface area contributed by atoms with Crippen molar-refractivity contribution in [1.29, 1.82) is 0 Å². The van der Waals surface area contributed by atoms with Gasteiger partial charge >= 0.3 is 0 Å². The molecule has 2 aliphatic rings. The Hall–Kier alpha value is -2.77. The van der Waals surface area contributed by atoms with Gasteiger partial charge in [-0.3, -0.25) is 9.59 Å². The first-order chi connectivity index (χ1) is 13.5. The molecular weight excluding hydrogens is 358 g/mol. The Labute approximate surface area is 163 Å². The molecule has 1 saturated carbocycles. The number of nitrogens with zero attached hydrogens (tertiary/aromatic N) is 1. The number of ether oxygens (including phenoxy) is 1. The summed E-state index contributed by atoms with van der Waals surface area (Å²) in [5.74, 6) is 0.0669. The van der Waals surface area contributed by atoms with Gasteiger partial charge in [0.25, 0.3) is 11.8 Å². The van der Waals surface area contributed by atoms with Gasteiger partial charge in [-0.1, -0.05) is 24.3 Å². The number of aliphatic hydroxyl groups excluding tert-OH is 1. The van der Waals surface area contributed by atoms with Crippen molar-refractivity contribution in [1.82, 2.24) is 15.6 Å². The van der Waals surface area contributed by atoms with E-state index >= 15 is 0 Å². The number of amides is 2. The third-order valence-corrected chi connectivity index (χ3v) is 5.58. The summed E-state index contributed by atoms with van der Waals surface area (Å²) in [5, 5.41) is 16.4. The number of fused-ring (bicyclic) bond motifs is 1. The van der Waals surface area contributed by atoms with Crippen LogP contribution in [0.3, 0.4) is 0 Å². The largest absolute Gasteiger partial charge is 0.382 e. The maximum atomic E-state index is 12.8. The smallest absolute Gasteiger partial charge is 0.269 e. The van der Waals surface area contributed by atoms with E-state index in [9.17, 15) is 14.7 Å². The average Bonchev–Trinajstić information content (AvgIpc) is 3.13. The van der Waals surface area contributed by atoms with Crippen LogP contribution in [0.4, 0.5) is 0 Å². The first-order valence-electron chi connectivity index (χ1n) is 9.36. The zero-order valence-electron chi connectivity index (χ0n) is 15.8. The normalized spacial score (nSPS) is 23.6. The highest BCUT2D eigenvalue weighted by Crippen LogP contribution is 2.44. The van der Waals surface area contributed by atoms with Gasteiger partial charge in [0.2, 0.25) is 0 Å². The monoisotopic (exact) mass is 381 g/mol. The topological polar surface area (TPSA) is 101 Å². The SMILES string of the molecule is CNC(=O)c1cc(C(=O)NC2[C@H]3COC[C@@H]23)cc([C@@H](O)c2ccccc2C)n1. The van der Waals surface area contributed by atoms with E-state index in [1.807, 2.05) is 25.1 Å². The molecule has 1 saturated heterocycles. The Kier molecular flexibility index (Phi) is 4.87. The minimum atomic E-state index is -1.04. The molecule has 146 valence electrons. The fraction of sp³-hybridized carbons (Fsp3) is 0.381. The summed E-state index contributed by atoms with van der Waals surface area (Å²) < 4.78 is 5.35. The molecule has 4 rings (SSSR count). The third-order valence-electron chi connectivity index (χ3n) is 5.58. The van der Waals surface area contributed by atoms with E-state index in [0.29, 0.717) is 36.2 Å². The van der Waals surface area contributed by atoms with Crippen molar-refractivity contribution in [2.24, 2.45) is 11.8 Å². The molecule has 1 aliphatic carbocycles. The van der Waals surface area contributed by atoms with Crippen LogP contribution >= 0.6 is 0 Å². The highest BCUT2D eigenvalue weighted by molar-refractivity contribution is 5.99. The minimum Gasteiger partial charge on any atom is -0.382 e. The van der Waals surface area contributed by atoms with Crippen LogP contribution in [0.5, 0.6) is 0 Å². The van der Waals surface area contributed by atoms with Crippen molar-refractivity contribution >= 4 is 11.8 Å². The predicted octanol–water partition coefficient (Wildman–Crippen LogP) is 1.21. The van der Waals surface area contributed by atoms with E-state index in [1.165, 1.54) is 13.1 Å². The Balaban J connectivity index is 1.64. The first-order valence-corrected chi connectivity index (χ1v) is 9.36. The van der Waals surface area contributed by atoms with Crippen molar-refractivity contribution in [3.63, 3.8) is 0 Å². The van der Waals surface area contributed by atoms with Crippen LogP contribution in [-0.4, -0.2) is 48.2 Å². The Morgan fingerprint density at radius 1 is 1.18 bits per heavy atom. The zero-order chi connectivity index (χ0) is 19.8. The molecule has 1 aliphatic heterocycles. The minimum absolute atomic E-state index is 0.0945. The van der Waals surface area contributed by atoms with Gasteiger partial charge in [0.05, 0.1) is 18.9 Å². The number of pyridine rings is 1. The lowest BCUT2D eigenvalue weighted by Gasteiger charge is -2.16. The van der Waals surface area contributed by atoms with Gasteiger partial charge < -0.3 is 20.5 Å². The standard InChI is InChI=1S/C21H23N3O4/c1-11-5-3-4-6-13(11)19(25)16-7-12(8-17(23-16)21(27)22-2)20(26)24-18-14-9-28-10-15(14)18/h3-8,14-15,18-19,25H,9-10H2,1-2H3,(H,22,27)(H,24,26)/t14-,15+,18?,19-/m0/s1. The first kappa shape index (κ1) is 18.6. The number of carbonyl (C=O) groups is 2. The van der Waals surface area contributed by atoms with Crippen LogP contribution in [0, 0.1) is 18.8 Å². The van der Waals surface area contributed by atoms with Crippen LogP contribution in [-0.2, 0) is 4.74 Å². The van der Waals surface area contributed by atoms with Gasteiger partial charge in [-0.05, 0) is 30.2 Å². The highest BCUT2D eigenvalue weighted by Gasteiger charge is 2.54. The second-order valence-corrected chi connectivity index (χ2v) is 7.37. The summed E-state index contributed by atoms with van der Waals surface area (Å²) in [6, 6.07) is 10.5. The lowest BCUT2D eigenvalue weighted by Crippen LogP contribution is -2.31. The Morgan fingerprint density at radius 3 is 2.57 bits per heavy atom. The van der Waals surface area contributed by atoms with E-state index in [1.54, 1.807) is 12.1 Å². The molecular formula is C21H23N3O4. The number of carbonyl (C=O) groups excluding carboxylic acids is 2. The number of hydrogen-bond donors (Lipinski definition) is 3. The fourth-order valence-corrected chi connectivity index (χ4v) is 3.81. The fourth-order valence-electron chi connectivity index (χ4n) is 3.81. The summed E-state index contributed by atoms with van der Waals surface area (Å²) in [4.78, 5) is 29.2. The quantitative estimate of drug-likeness (QED) is 0.723. The molecule has 1 unspecified atom stereocenters. The van der Waals surface area contributed by atoms with Gasteiger partial charge in [-0.15, -0.1) is 0 Å². The number of hydrogen-bond acceptors (Lipinski definition) is 5. The molecule has 2 aromatic rings. The van der Waals surface area contributed by atoms with E-state index in [4.69, 9.17) is 4.74 Å². The lowest BCUT2D eigenvalue weighted by atomic mass is 9.99. The van der Waals surface area contributed by atoms with Gasteiger partial charge in [0.15, 0.2) is 0 Å².